The monoisotopic (exact) mass is 906 g/mol. The maximum atomic E-state index is 11.8. The maximum Gasteiger partial charge on any atom is 2.00 e. The van der Waals surface area contributed by atoms with Gasteiger partial charge in [0, 0.05) is 11.0 Å². The molecule has 0 atom stereocenters. The first-order valence-corrected chi connectivity index (χ1v) is 24.8. The second kappa shape index (κ2) is 30.3. The van der Waals surface area contributed by atoms with Crippen LogP contribution in [-0.4, -0.2) is 68.8 Å². The molecule has 0 saturated carbocycles. The van der Waals surface area contributed by atoms with E-state index in [0.29, 0.717) is 17.2 Å². The Morgan fingerprint density at radius 2 is 0.852 bits per heavy atom. The van der Waals surface area contributed by atoms with Crippen LogP contribution in [0.1, 0.15) is 153 Å². The molecule has 0 aliphatic heterocycles. The van der Waals surface area contributed by atoms with E-state index in [1.165, 1.54) is 139 Å². The van der Waals surface area contributed by atoms with Crippen molar-refractivity contribution in [2.24, 2.45) is 0 Å². The van der Waals surface area contributed by atoms with Gasteiger partial charge in [-0.2, -0.15) is 8.42 Å². The smallest absolute Gasteiger partial charge is 0.872 e. The first kappa shape index (κ1) is 54.3. The number of phenols is 1. The Hall–Kier alpha value is -2.84. The number of phenolic OH excluding ortho intramolecular Hbond substituents is 1. The van der Waals surface area contributed by atoms with Gasteiger partial charge in [-0.1, -0.05) is 159 Å². The van der Waals surface area contributed by atoms with Crippen LogP contribution >= 0.6 is 0 Å². The summed E-state index contributed by atoms with van der Waals surface area (Å²) in [5.41, 5.74) is 2.35. The van der Waals surface area contributed by atoms with Crippen molar-refractivity contribution in [2.75, 3.05) is 0 Å². The van der Waals surface area contributed by atoms with Crippen LogP contribution in [0.2, 0.25) is 0 Å². The second-order valence-electron chi connectivity index (χ2n) is 15.5. The van der Waals surface area contributed by atoms with Crippen molar-refractivity contribution in [1.82, 2.24) is 0 Å². The number of benzene rings is 4. The summed E-state index contributed by atoms with van der Waals surface area (Å²) in [4.78, 5) is -1.30. The van der Waals surface area contributed by atoms with E-state index in [9.17, 15) is 31.6 Å². The summed E-state index contributed by atoms with van der Waals surface area (Å²) in [6.07, 6.45) is 28.0. The molecule has 0 heterocycles. The average molecular weight is 907 g/mol. The molecule has 0 aliphatic rings. The van der Waals surface area contributed by atoms with Crippen molar-refractivity contribution in [1.29, 1.82) is 0 Å². The molecule has 0 fully saturated rings. The van der Waals surface area contributed by atoms with Crippen LogP contribution in [-0.2, 0) is 33.1 Å². The van der Waals surface area contributed by atoms with E-state index >= 15 is 0 Å². The molecule has 0 unspecified atom stereocenters. The van der Waals surface area contributed by atoms with E-state index in [0.717, 1.165) is 49.4 Å². The van der Waals surface area contributed by atoms with E-state index in [1.807, 2.05) is 36.4 Å². The van der Waals surface area contributed by atoms with E-state index < -0.39 is 41.5 Å². The summed E-state index contributed by atoms with van der Waals surface area (Å²) in [5.74, 6) is 0.315. The summed E-state index contributed by atoms with van der Waals surface area (Å²) in [5, 5.41) is 21.6. The van der Waals surface area contributed by atoms with Crippen LogP contribution in [0.5, 0.6) is 34.5 Å². The molecule has 10 nitrogen and oxygen atoms in total. The molecule has 332 valence electrons. The Balaban J connectivity index is 0.000000413. The minimum absolute atomic E-state index is 0. The molecule has 4 aromatic rings. The van der Waals surface area contributed by atoms with Gasteiger partial charge in [0.05, 0.1) is 0 Å². The van der Waals surface area contributed by atoms with E-state index in [4.69, 9.17) is 14.0 Å². The quantitative estimate of drug-likeness (QED) is 0.0317. The Morgan fingerprint density at radius 3 is 1.21 bits per heavy atom. The summed E-state index contributed by atoms with van der Waals surface area (Å²) < 4.78 is 75.8. The maximum absolute atomic E-state index is 11.8. The third kappa shape index (κ3) is 22.9. The molecule has 13 heteroatoms. The van der Waals surface area contributed by atoms with Crippen molar-refractivity contribution in [3.8, 4) is 34.5 Å². The first-order valence-electron chi connectivity index (χ1n) is 21.9. The Bertz CT molecular complexity index is 1910. The van der Waals surface area contributed by atoms with Gasteiger partial charge in [0.15, 0.2) is 0 Å². The van der Waals surface area contributed by atoms with E-state index in [-0.39, 0.29) is 43.5 Å². The third-order valence-corrected chi connectivity index (χ3v) is 12.1. The summed E-state index contributed by atoms with van der Waals surface area (Å²) in [7, 11) is -9.23. The minimum Gasteiger partial charge on any atom is -0.872 e. The molecule has 0 amide bonds. The molecule has 4 aromatic carbocycles. The van der Waals surface area contributed by atoms with Gasteiger partial charge in [-0.15, -0.1) is 0 Å². The van der Waals surface area contributed by atoms with Crippen LogP contribution in [0.15, 0.2) is 94.7 Å². The van der Waals surface area contributed by atoms with E-state index in [2.05, 4.69) is 19.9 Å². The number of aromatic hydroxyl groups is 1. The first-order chi connectivity index (χ1) is 28.8. The number of ether oxygens (including phenoxy) is 2. The van der Waals surface area contributed by atoms with Crippen molar-refractivity contribution in [3.05, 3.63) is 96.1 Å². The van der Waals surface area contributed by atoms with Crippen LogP contribution in [0.25, 0.3) is 0 Å². The molecule has 0 bridgehead atoms. The fourth-order valence-corrected chi connectivity index (χ4v) is 8.07. The topological polar surface area (TPSA) is 173 Å². The SMILES string of the molecule is CCCCCCCCCCCCc1cccc(Oc2ccc(S(=O)(=O)O)c(O)c2)c1.CCCCCCCCCCCCc1cccc(Oc2ccc(S(=O)(=O)[O-])c([O-])c2)c1.[Ca+2]. The number of rotatable bonds is 28. The van der Waals surface area contributed by atoms with Gasteiger partial charge in [-0.25, -0.2) is 8.42 Å². The molecule has 0 spiro atoms. The molecular formula is C48H66CaO10S2. The number of aryl methyl sites for hydroxylation is 2. The summed E-state index contributed by atoms with van der Waals surface area (Å²) >= 11 is 0. The van der Waals surface area contributed by atoms with Gasteiger partial charge in [0.2, 0.25) is 0 Å². The molecule has 4 rings (SSSR count). The zero-order valence-corrected chi connectivity index (χ0v) is 40.2. The molecule has 0 radical (unpaired) electrons. The third-order valence-electron chi connectivity index (χ3n) is 10.3. The largest absolute Gasteiger partial charge is 2.00 e. The van der Waals surface area contributed by atoms with Crippen LogP contribution < -0.4 is 14.6 Å². The van der Waals surface area contributed by atoms with Gasteiger partial charge in [-0.05, 0) is 91.4 Å². The molecule has 0 aliphatic carbocycles. The Labute approximate surface area is 396 Å². The number of hydrogen-bond donors (Lipinski definition) is 2. The van der Waals surface area contributed by atoms with E-state index in [1.54, 1.807) is 6.07 Å². The average Bonchev–Trinajstić information content (AvgIpc) is 3.19. The van der Waals surface area contributed by atoms with Crippen molar-refractivity contribution >= 4 is 58.0 Å². The normalized spacial score (nSPS) is 11.3. The van der Waals surface area contributed by atoms with Crippen molar-refractivity contribution in [3.63, 3.8) is 0 Å². The molecule has 61 heavy (non-hydrogen) atoms. The van der Waals surface area contributed by atoms with Gasteiger partial charge >= 0.3 is 37.7 Å². The standard InChI is InChI=1S/2C24H34O5S.Ca/c2*1-2-3-4-5-6-7-8-9-10-11-13-20-14-12-15-21(18-20)29-22-16-17-24(23(25)19-22)30(26,27)28;/h2*12,14-19,25H,2-11,13H2,1H3,(H,26,27,28);/q;;+2/p-2. The molecular weight excluding hydrogens is 841 g/mol. The van der Waals surface area contributed by atoms with Crippen LogP contribution in [0.4, 0.5) is 0 Å². The van der Waals surface area contributed by atoms with Crippen LogP contribution in [0.3, 0.4) is 0 Å². The van der Waals surface area contributed by atoms with Gasteiger partial charge in [0.25, 0.3) is 10.1 Å². The second-order valence-corrected chi connectivity index (χ2v) is 18.3. The number of hydrogen-bond acceptors (Lipinski definition) is 9. The van der Waals surface area contributed by atoms with Crippen molar-refractivity contribution in [2.45, 2.75) is 165 Å². The van der Waals surface area contributed by atoms with Crippen LogP contribution in [0, 0.1) is 0 Å². The molecule has 2 N–H and O–H groups in total. The fourth-order valence-electron chi connectivity index (χ4n) is 6.97. The molecule has 0 aromatic heterocycles. The fraction of sp³-hybridized carbons (Fsp3) is 0.500. The van der Waals surface area contributed by atoms with Crippen molar-refractivity contribution < 1.29 is 45.6 Å². The zero-order chi connectivity index (χ0) is 43.6. The van der Waals surface area contributed by atoms with Gasteiger partial charge in [-0.3, -0.25) is 4.55 Å². The predicted octanol–water partition coefficient (Wildman–Crippen LogP) is 12.4. The summed E-state index contributed by atoms with van der Waals surface area (Å²) in [6.45, 7) is 4.49. The zero-order valence-electron chi connectivity index (χ0n) is 36.3. The number of unbranched alkanes of at least 4 members (excludes halogenated alkanes) is 18. The molecule has 0 saturated heterocycles. The van der Waals surface area contributed by atoms with Gasteiger partial charge < -0.3 is 24.2 Å². The minimum atomic E-state index is -4.77. The Morgan fingerprint density at radius 1 is 0.492 bits per heavy atom. The predicted molar refractivity (Wildman–Crippen MR) is 242 cm³/mol. The van der Waals surface area contributed by atoms with Gasteiger partial charge in [0.1, 0.15) is 43.8 Å². The Kier molecular flexibility index (Phi) is 27.0. The summed E-state index contributed by atoms with van der Waals surface area (Å²) in [6, 6.07) is 22.5.